The Kier molecular flexibility index (Phi) is 5.08. The molecule has 70 valence electrons. The van der Waals surface area contributed by atoms with E-state index in [1.807, 2.05) is 0 Å². The molecule has 1 saturated heterocycles. The molecule has 1 heterocycles. The van der Waals surface area contributed by atoms with Gasteiger partial charge < -0.3 is 5.32 Å². The summed E-state index contributed by atoms with van der Waals surface area (Å²) in [5.74, 6) is 0.633. The number of carbonyl (C=O) groups excluding carboxylic acids is 2. The van der Waals surface area contributed by atoms with Crippen LogP contribution in [0.3, 0.4) is 0 Å². The van der Waals surface area contributed by atoms with Crippen molar-refractivity contribution < 1.29 is 9.59 Å². The summed E-state index contributed by atoms with van der Waals surface area (Å²) in [7, 11) is 0. The van der Waals surface area contributed by atoms with Gasteiger partial charge in [0, 0.05) is 13.0 Å². The Morgan fingerprint density at radius 3 is 2.00 bits per heavy atom. The fourth-order valence-corrected chi connectivity index (χ4v) is 0.523. The molecule has 0 radical (unpaired) electrons. The number of imide groups is 1. The molecule has 1 rings (SSSR count). The van der Waals surface area contributed by atoms with Crippen LogP contribution < -0.4 is 10.6 Å². The van der Waals surface area contributed by atoms with Crippen molar-refractivity contribution in [1.82, 2.24) is 10.6 Å². The van der Waals surface area contributed by atoms with E-state index in [2.05, 4.69) is 31.4 Å². The standard InChI is InChI=1S/C4H6N2O2.C4H10/c7-3-1-2-5-4(8)6-3;1-4(2)3/h1-2H2,(H2,5,6,7,8);4H,1-3H3. The van der Waals surface area contributed by atoms with Gasteiger partial charge >= 0.3 is 6.03 Å². The van der Waals surface area contributed by atoms with E-state index in [0.717, 1.165) is 5.92 Å². The van der Waals surface area contributed by atoms with Gasteiger partial charge in [0.15, 0.2) is 0 Å². The number of amides is 3. The van der Waals surface area contributed by atoms with Gasteiger partial charge in [-0.25, -0.2) is 4.79 Å². The molecule has 0 aliphatic carbocycles. The van der Waals surface area contributed by atoms with Gasteiger partial charge in [-0.2, -0.15) is 0 Å². The number of hydrogen-bond donors (Lipinski definition) is 2. The van der Waals surface area contributed by atoms with Crippen molar-refractivity contribution in [3.63, 3.8) is 0 Å². The summed E-state index contributed by atoms with van der Waals surface area (Å²) in [6.07, 6.45) is 0.395. The number of urea groups is 1. The van der Waals surface area contributed by atoms with Crippen molar-refractivity contribution >= 4 is 11.9 Å². The minimum atomic E-state index is -0.388. The van der Waals surface area contributed by atoms with Gasteiger partial charge in [0.25, 0.3) is 0 Å². The Labute approximate surface area is 72.7 Å². The lowest BCUT2D eigenvalue weighted by atomic mass is 10.3. The molecule has 3 amide bonds. The largest absolute Gasteiger partial charge is 0.337 e. The Balaban J connectivity index is 0.000000261. The van der Waals surface area contributed by atoms with Gasteiger partial charge in [0.1, 0.15) is 0 Å². The number of hydrogen-bond acceptors (Lipinski definition) is 2. The maximum atomic E-state index is 10.3. The molecule has 4 heteroatoms. The molecule has 2 N–H and O–H groups in total. The van der Waals surface area contributed by atoms with Gasteiger partial charge in [-0.1, -0.05) is 20.8 Å². The third kappa shape index (κ3) is 7.05. The van der Waals surface area contributed by atoms with E-state index in [-0.39, 0.29) is 11.9 Å². The summed E-state index contributed by atoms with van der Waals surface area (Å²) in [5, 5.41) is 4.53. The highest BCUT2D eigenvalue weighted by Gasteiger charge is 2.11. The van der Waals surface area contributed by atoms with Crippen molar-refractivity contribution in [3.8, 4) is 0 Å². The zero-order valence-corrected chi connectivity index (χ0v) is 7.81. The van der Waals surface area contributed by atoms with Crippen LogP contribution in [0.4, 0.5) is 4.79 Å². The van der Waals surface area contributed by atoms with Crippen molar-refractivity contribution in [2.45, 2.75) is 27.2 Å². The van der Waals surface area contributed by atoms with Crippen LogP contribution in [0.15, 0.2) is 0 Å². The minimum Gasteiger partial charge on any atom is -0.337 e. The van der Waals surface area contributed by atoms with E-state index in [9.17, 15) is 9.59 Å². The molecule has 0 spiro atoms. The van der Waals surface area contributed by atoms with Gasteiger partial charge in [-0.15, -0.1) is 0 Å². The molecule has 0 unspecified atom stereocenters. The monoisotopic (exact) mass is 172 g/mol. The molecule has 0 aromatic carbocycles. The number of carbonyl (C=O) groups is 2. The molecule has 1 aliphatic rings. The fourth-order valence-electron chi connectivity index (χ4n) is 0.523. The van der Waals surface area contributed by atoms with Crippen molar-refractivity contribution in [3.05, 3.63) is 0 Å². The average molecular weight is 172 g/mol. The van der Waals surface area contributed by atoms with Gasteiger partial charge in [0.2, 0.25) is 5.91 Å². The molecule has 4 nitrogen and oxygen atoms in total. The molecular weight excluding hydrogens is 156 g/mol. The van der Waals surface area contributed by atoms with E-state index < -0.39 is 0 Å². The summed E-state index contributed by atoms with van der Waals surface area (Å²) in [5.41, 5.74) is 0. The highest BCUT2D eigenvalue weighted by molar-refractivity contribution is 5.96. The fraction of sp³-hybridized carbons (Fsp3) is 0.750. The second kappa shape index (κ2) is 5.57. The van der Waals surface area contributed by atoms with Gasteiger partial charge in [0.05, 0.1) is 0 Å². The topological polar surface area (TPSA) is 58.2 Å². The van der Waals surface area contributed by atoms with Crippen LogP contribution in [0.1, 0.15) is 27.2 Å². The summed E-state index contributed by atoms with van der Waals surface area (Å²) in [6.45, 7) is 6.96. The van der Waals surface area contributed by atoms with Gasteiger partial charge in [-0.05, 0) is 5.92 Å². The highest BCUT2D eigenvalue weighted by atomic mass is 16.2. The minimum absolute atomic E-state index is 0.200. The van der Waals surface area contributed by atoms with Crippen molar-refractivity contribution in [2.24, 2.45) is 5.92 Å². The smallest absolute Gasteiger partial charge is 0.321 e. The van der Waals surface area contributed by atoms with Crippen LogP contribution in [-0.2, 0) is 4.79 Å². The Morgan fingerprint density at radius 2 is 1.75 bits per heavy atom. The van der Waals surface area contributed by atoms with Crippen LogP contribution >= 0.6 is 0 Å². The first-order valence-electron chi connectivity index (χ1n) is 4.10. The molecule has 1 aliphatic heterocycles. The summed E-state index contributed by atoms with van der Waals surface area (Å²) in [4.78, 5) is 20.5. The second-order valence-corrected chi connectivity index (χ2v) is 3.29. The van der Waals surface area contributed by atoms with Crippen LogP contribution in [0, 0.1) is 5.92 Å². The van der Waals surface area contributed by atoms with E-state index in [0.29, 0.717) is 13.0 Å². The Bertz CT molecular complexity index is 150. The van der Waals surface area contributed by atoms with Crippen LogP contribution in [0.5, 0.6) is 0 Å². The van der Waals surface area contributed by atoms with E-state index in [4.69, 9.17) is 0 Å². The first-order chi connectivity index (χ1) is 5.52. The van der Waals surface area contributed by atoms with Crippen molar-refractivity contribution in [2.75, 3.05) is 6.54 Å². The molecule has 0 aromatic heterocycles. The van der Waals surface area contributed by atoms with Crippen LogP contribution in [0.2, 0.25) is 0 Å². The third-order valence-corrected chi connectivity index (χ3v) is 0.891. The lowest BCUT2D eigenvalue weighted by Crippen LogP contribution is -2.46. The van der Waals surface area contributed by atoms with Crippen molar-refractivity contribution in [1.29, 1.82) is 0 Å². The zero-order chi connectivity index (χ0) is 9.56. The summed E-state index contributed by atoms with van der Waals surface area (Å²) in [6, 6.07) is -0.388. The van der Waals surface area contributed by atoms with E-state index >= 15 is 0 Å². The first-order valence-corrected chi connectivity index (χ1v) is 4.10. The molecule has 0 atom stereocenters. The lowest BCUT2D eigenvalue weighted by molar-refractivity contribution is -0.120. The second-order valence-electron chi connectivity index (χ2n) is 3.29. The molecule has 12 heavy (non-hydrogen) atoms. The average Bonchev–Trinajstić information content (AvgIpc) is 1.84. The zero-order valence-electron chi connectivity index (χ0n) is 7.81. The van der Waals surface area contributed by atoms with E-state index in [1.165, 1.54) is 0 Å². The van der Waals surface area contributed by atoms with Crippen LogP contribution in [-0.4, -0.2) is 18.5 Å². The maximum absolute atomic E-state index is 10.3. The van der Waals surface area contributed by atoms with Crippen LogP contribution in [0.25, 0.3) is 0 Å². The molecular formula is C8H16N2O2. The predicted molar refractivity (Wildman–Crippen MR) is 46.7 cm³/mol. The summed E-state index contributed by atoms with van der Waals surface area (Å²) >= 11 is 0. The SMILES string of the molecule is CC(C)C.O=C1CCNC(=O)N1. The molecule has 1 fully saturated rings. The van der Waals surface area contributed by atoms with Gasteiger partial charge in [-0.3, -0.25) is 10.1 Å². The first kappa shape index (κ1) is 10.9. The summed E-state index contributed by atoms with van der Waals surface area (Å²) < 4.78 is 0. The maximum Gasteiger partial charge on any atom is 0.321 e. The molecule has 0 aromatic rings. The quantitative estimate of drug-likeness (QED) is 0.569. The lowest BCUT2D eigenvalue weighted by Gasteiger charge is -2.10. The third-order valence-electron chi connectivity index (χ3n) is 0.891. The highest BCUT2D eigenvalue weighted by Crippen LogP contribution is 1.82. The normalized spacial score (nSPS) is 16.0. The number of rotatable bonds is 0. The molecule has 0 bridgehead atoms. The Morgan fingerprint density at radius 1 is 1.25 bits per heavy atom. The Hall–Kier alpha value is -1.06. The van der Waals surface area contributed by atoms with E-state index in [1.54, 1.807) is 0 Å². The number of nitrogens with one attached hydrogen (secondary N) is 2. The predicted octanol–water partition coefficient (Wildman–Crippen LogP) is 0.878. The molecule has 0 saturated carbocycles.